The summed E-state index contributed by atoms with van der Waals surface area (Å²) in [5, 5.41) is 31.3. The summed E-state index contributed by atoms with van der Waals surface area (Å²) in [7, 11) is 2.22. The fraction of sp³-hybridized carbons (Fsp3) is 0.333. The minimum absolute atomic E-state index is 0.0403. The maximum Gasteiger partial charge on any atom is 0.308 e. The normalized spacial score (nSPS) is 13.8. The van der Waals surface area contributed by atoms with Crippen LogP contribution in [-0.2, 0) is 37.9 Å². The second kappa shape index (κ2) is 22.2. The minimum Gasteiger partial charge on any atom is -0.494 e. The lowest BCUT2D eigenvalue weighted by molar-refractivity contribution is -0.141. The van der Waals surface area contributed by atoms with E-state index in [0.29, 0.717) is 79.6 Å². The Morgan fingerprint density at radius 3 is 2.40 bits per heavy atom. The van der Waals surface area contributed by atoms with E-state index in [9.17, 15) is 27.9 Å². The summed E-state index contributed by atoms with van der Waals surface area (Å²) in [6.45, 7) is 4.67. The molecule has 0 fully saturated rings. The maximum atomic E-state index is 13.8. The first-order valence-corrected chi connectivity index (χ1v) is 25.8. The van der Waals surface area contributed by atoms with Gasteiger partial charge in [0.2, 0.25) is 10.0 Å². The van der Waals surface area contributed by atoms with Gasteiger partial charge in [0.25, 0.3) is 5.91 Å². The summed E-state index contributed by atoms with van der Waals surface area (Å²) < 4.78 is 48.7. The molecule has 376 valence electrons. The molecule has 0 saturated heterocycles. The number of fused-ring (bicyclic) bond motifs is 4. The number of aryl methyl sites for hydroxylation is 2. The number of benzene rings is 4. The molecular formula is C51H54ClN9O9S2. The molecule has 1 aliphatic heterocycles. The van der Waals surface area contributed by atoms with Crippen LogP contribution >= 0.6 is 22.9 Å². The number of hydrogen-bond acceptors (Lipinski definition) is 14. The maximum absolute atomic E-state index is 13.8. The summed E-state index contributed by atoms with van der Waals surface area (Å²) in [5.41, 5.74) is 6.22. The number of hydrogen-bond donors (Lipinski definition) is 2. The van der Waals surface area contributed by atoms with Crippen molar-refractivity contribution in [3.63, 3.8) is 0 Å². The Kier molecular flexibility index (Phi) is 15.8. The van der Waals surface area contributed by atoms with E-state index in [1.54, 1.807) is 54.2 Å². The van der Waals surface area contributed by atoms with E-state index in [2.05, 4.69) is 25.8 Å². The number of nitrogens with zero attached hydrogens (tertiary/aromatic N) is 8. The van der Waals surface area contributed by atoms with Gasteiger partial charge in [-0.2, -0.15) is 4.31 Å². The first kappa shape index (κ1) is 51.4. The lowest BCUT2D eigenvalue weighted by Crippen LogP contribution is -2.26. The van der Waals surface area contributed by atoms with Crippen molar-refractivity contribution >= 4 is 67.6 Å². The van der Waals surface area contributed by atoms with E-state index in [1.807, 2.05) is 48.7 Å². The number of rotatable bonds is 21. The minimum atomic E-state index is -3.90. The predicted octanol–water partition coefficient (Wildman–Crippen LogP) is 8.14. The first-order chi connectivity index (χ1) is 34.6. The van der Waals surface area contributed by atoms with E-state index in [-0.39, 0.29) is 30.2 Å². The summed E-state index contributed by atoms with van der Waals surface area (Å²) in [6, 6.07) is 23.8. The highest BCUT2D eigenvalue weighted by atomic mass is 35.5. The second-order valence-corrected chi connectivity index (χ2v) is 20.9. The molecule has 8 rings (SSSR count). The zero-order valence-corrected chi connectivity index (χ0v) is 43.0. The number of aromatic nitrogens is 6. The average Bonchev–Trinajstić information content (AvgIpc) is 4.03. The molecule has 1 aliphatic rings. The zero-order valence-electron chi connectivity index (χ0n) is 40.6. The summed E-state index contributed by atoms with van der Waals surface area (Å²) in [6.07, 6.45) is 2.96. The molecule has 1 unspecified atom stereocenters. The highest BCUT2D eigenvalue weighted by Crippen LogP contribution is 2.41. The zero-order chi connectivity index (χ0) is 51.3. The average molecular weight is 1040 g/mol. The SMILES string of the molecule is COC(=O)C[C@@H]1N=C(c2ccc(Cl)cc2)c2c(sc(C(=O)NCCCCCCOc3ccc(S(=O)(=O)N(C)Cc4cccc(C(CC(=O)O)c5cc(OC)c6c(c5)nnn6C)c4)cc3)c2C)-n2c(C)nnc21. The highest BCUT2D eigenvalue weighted by molar-refractivity contribution is 7.89. The molecule has 0 aliphatic carbocycles. The number of carboxylic acid groups (broad SMARTS) is 1. The molecule has 3 aromatic heterocycles. The Labute approximate surface area is 425 Å². The number of ether oxygens (including phenoxy) is 3. The number of carboxylic acids is 1. The smallest absolute Gasteiger partial charge is 0.308 e. The standard InChI is InChI=1S/C51H54ClN9O9S2/c1-30-45-46(33-14-16-36(52)17-15-33)54-41(28-44(64)69-6)49-57-55-31(2)61(49)51(45)71-48(30)50(65)53-22-9-7-8-10-23-70-37-18-20-38(21-19-37)72(66,67)59(3)29-32-12-11-13-34(24-32)39(27-43(62)63)35-25-40-47(42(26-35)68-5)60(4)58-56-40/h11-21,24-26,39,41H,7-10,22-23,27-29H2,1-6H3,(H,53,65)(H,62,63)/t39?,41-/m0/s1. The van der Waals surface area contributed by atoms with Gasteiger partial charge in [-0.15, -0.1) is 26.6 Å². The Morgan fingerprint density at radius 1 is 0.931 bits per heavy atom. The molecule has 1 amide bonds. The number of carbonyl (C=O) groups is 3. The Hall–Kier alpha value is -7.00. The number of esters is 1. The highest BCUT2D eigenvalue weighted by Gasteiger charge is 2.34. The largest absolute Gasteiger partial charge is 0.494 e. The van der Waals surface area contributed by atoms with Crippen molar-refractivity contribution in [1.29, 1.82) is 0 Å². The second-order valence-electron chi connectivity index (χ2n) is 17.4. The van der Waals surface area contributed by atoms with E-state index in [0.717, 1.165) is 47.4 Å². The number of methoxy groups -OCH3 is 2. The number of aliphatic imine (C=N–C) groups is 1. The van der Waals surface area contributed by atoms with Crippen molar-refractivity contribution < 1.29 is 42.1 Å². The molecule has 0 radical (unpaired) electrons. The number of aliphatic carboxylic acids is 1. The molecule has 7 aromatic rings. The van der Waals surface area contributed by atoms with Crippen LogP contribution in [-0.4, -0.2) is 106 Å². The number of thiophene rings is 1. The molecule has 21 heteroatoms. The number of amides is 1. The topological polar surface area (TPSA) is 222 Å². The van der Waals surface area contributed by atoms with Gasteiger partial charge >= 0.3 is 11.9 Å². The monoisotopic (exact) mass is 1040 g/mol. The Balaban J connectivity index is 0.827. The quantitative estimate of drug-likeness (QED) is 0.0513. The Morgan fingerprint density at radius 2 is 1.68 bits per heavy atom. The third kappa shape index (κ3) is 11.1. The molecule has 4 heterocycles. The van der Waals surface area contributed by atoms with E-state index in [1.165, 1.54) is 49.0 Å². The first-order valence-electron chi connectivity index (χ1n) is 23.2. The van der Waals surface area contributed by atoms with Crippen LogP contribution in [0.3, 0.4) is 0 Å². The van der Waals surface area contributed by atoms with Crippen LogP contribution in [0.4, 0.5) is 0 Å². The van der Waals surface area contributed by atoms with E-state index in [4.69, 9.17) is 30.8 Å². The van der Waals surface area contributed by atoms with Gasteiger partial charge in [-0.05, 0) is 97.5 Å². The molecule has 2 N–H and O–H groups in total. The van der Waals surface area contributed by atoms with Crippen molar-refractivity contribution in [3.05, 3.63) is 140 Å². The van der Waals surface area contributed by atoms with Crippen molar-refractivity contribution in [1.82, 2.24) is 39.4 Å². The fourth-order valence-corrected chi connectivity index (χ4v) is 11.4. The van der Waals surface area contributed by atoms with Crippen LogP contribution in [0, 0.1) is 13.8 Å². The van der Waals surface area contributed by atoms with Crippen LogP contribution < -0.4 is 14.8 Å². The van der Waals surface area contributed by atoms with Gasteiger partial charge in [0, 0.05) is 49.3 Å². The number of nitrogens with one attached hydrogen (secondary N) is 1. The third-order valence-corrected chi connectivity index (χ3v) is 15.9. The molecule has 2 atom stereocenters. The van der Waals surface area contributed by atoms with Gasteiger partial charge < -0.3 is 24.6 Å². The number of unbranched alkanes of at least 4 members (excludes halogenated alkanes) is 3. The molecule has 18 nitrogen and oxygen atoms in total. The van der Waals surface area contributed by atoms with Crippen molar-refractivity contribution in [2.24, 2.45) is 12.0 Å². The Bertz CT molecular complexity index is 3280. The van der Waals surface area contributed by atoms with Crippen molar-refractivity contribution in [2.45, 2.75) is 75.8 Å². The van der Waals surface area contributed by atoms with Gasteiger partial charge in [0.1, 0.15) is 39.4 Å². The van der Waals surface area contributed by atoms with Crippen LogP contribution in [0.25, 0.3) is 16.0 Å². The molecule has 0 saturated carbocycles. The number of carbonyl (C=O) groups excluding carboxylic acids is 2. The lowest BCUT2D eigenvalue weighted by Gasteiger charge is -2.20. The van der Waals surface area contributed by atoms with Gasteiger partial charge in [-0.3, -0.25) is 23.9 Å². The summed E-state index contributed by atoms with van der Waals surface area (Å²) in [4.78, 5) is 44.0. The van der Waals surface area contributed by atoms with Crippen LogP contribution in [0.2, 0.25) is 5.02 Å². The summed E-state index contributed by atoms with van der Waals surface area (Å²) in [5.74, 6) is -0.0643. The third-order valence-electron chi connectivity index (χ3n) is 12.5. The predicted molar refractivity (Wildman–Crippen MR) is 272 cm³/mol. The van der Waals surface area contributed by atoms with Crippen molar-refractivity contribution in [2.75, 3.05) is 34.4 Å². The van der Waals surface area contributed by atoms with Gasteiger partial charge in [-0.25, -0.2) is 13.1 Å². The summed E-state index contributed by atoms with van der Waals surface area (Å²) >= 11 is 7.57. The molecule has 72 heavy (non-hydrogen) atoms. The van der Waals surface area contributed by atoms with Crippen molar-refractivity contribution in [3.8, 4) is 16.5 Å². The number of halogens is 1. The van der Waals surface area contributed by atoms with E-state index < -0.39 is 33.9 Å². The van der Waals surface area contributed by atoms with E-state index >= 15 is 0 Å². The van der Waals surface area contributed by atoms with Gasteiger partial charge in [0.05, 0.1) is 49.2 Å². The van der Waals surface area contributed by atoms with Crippen LogP contribution in [0.5, 0.6) is 11.5 Å². The van der Waals surface area contributed by atoms with Gasteiger partial charge in [0.15, 0.2) is 5.82 Å². The molecular weight excluding hydrogens is 982 g/mol. The molecule has 0 bridgehead atoms. The molecule has 4 aromatic carbocycles. The van der Waals surface area contributed by atoms with Gasteiger partial charge in [-0.1, -0.05) is 66.1 Å². The lowest BCUT2D eigenvalue weighted by atomic mass is 9.87. The number of sulfonamides is 1. The van der Waals surface area contributed by atoms with Crippen LogP contribution in [0.15, 0.2) is 94.8 Å². The molecule has 0 spiro atoms. The fourth-order valence-electron chi connectivity index (χ4n) is 8.81. The van der Waals surface area contributed by atoms with Crippen LogP contribution in [0.1, 0.15) is 105 Å².